The quantitative estimate of drug-likeness (QED) is 0.513. The molecule has 0 bridgehead atoms. The number of nitrogens with zero attached hydrogens (tertiary/aromatic N) is 2. The molecule has 0 radical (unpaired) electrons. The fraction of sp³-hybridized carbons (Fsp3) is 0.167. The van der Waals surface area contributed by atoms with Crippen LogP contribution in [0, 0.1) is 0 Å². The lowest BCUT2D eigenvalue weighted by molar-refractivity contribution is -0.122. The normalized spacial score (nSPS) is 17.2. The second kappa shape index (κ2) is 8.03. The highest BCUT2D eigenvalue weighted by atomic mass is 32.2. The number of carbonyl (C=O) groups excluding carboxylic acids is 1. The van der Waals surface area contributed by atoms with Gasteiger partial charge < -0.3 is 0 Å². The number of fused-ring (bicyclic) bond motifs is 1. The highest BCUT2D eigenvalue weighted by Crippen LogP contribution is 2.35. The number of amides is 1. The second-order valence-corrected chi connectivity index (χ2v) is 7.61. The van der Waals surface area contributed by atoms with Gasteiger partial charge in [0.2, 0.25) is 0 Å². The minimum absolute atomic E-state index is 0.0214. The first-order chi connectivity index (χ1) is 13.7. The predicted octanol–water partition coefficient (Wildman–Crippen LogP) is 6.03. The Morgan fingerprint density at radius 2 is 1.71 bits per heavy atom. The molecule has 0 unspecified atom stereocenters. The van der Waals surface area contributed by atoms with E-state index in [4.69, 9.17) is 4.99 Å². The summed E-state index contributed by atoms with van der Waals surface area (Å²) in [6, 6.07) is 22.5. The minimum atomic E-state index is 0.0214. The van der Waals surface area contributed by atoms with E-state index in [-0.39, 0.29) is 5.91 Å². The van der Waals surface area contributed by atoms with Crippen LogP contribution in [0.1, 0.15) is 25.0 Å². The van der Waals surface area contributed by atoms with E-state index in [0.29, 0.717) is 11.4 Å². The summed E-state index contributed by atoms with van der Waals surface area (Å²) in [5, 5.41) is 3.07. The van der Waals surface area contributed by atoms with E-state index < -0.39 is 0 Å². The van der Waals surface area contributed by atoms with Crippen molar-refractivity contribution >= 4 is 45.4 Å². The van der Waals surface area contributed by atoms with Gasteiger partial charge in [-0.2, -0.15) is 0 Å². The Hall–Kier alpha value is -2.85. The summed E-state index contributed by atoms with van der Waals surface area (Å²) >= 11 is 1.46. The number of aryl methyl sites for hydroxylation is 1. The van der Waals surface area contributed by atoms with E-state index in [0.717, 1.165) is 28.2 Å². The van der Waals surface area contributed by atoms with Crippen molar-refractivity contribution in [2.24, 2.45) is 4.99 Å². The Balaban J connectivity index is 1.75. The molecule has 0 aromatic heterocycles. The van der Waals surface area contributed by atoms with Crippen LogP contribution in [-0.4, -0.2) is 22.5 Å². The van der Waals surface area contributed by atoms with Crippen LogP contribution in [0.25, 0.3) is 16.8 Å². The largest absolute Gasteiger partial charge is 0.287 e. The van der Waals surface area contributed by atoms with Gasteiger partial charge in [0.05, 0.1) is 10.6 Å². The number of benzene rings is 3. The molecule has 1 amide bonds. The standard InChI is InChI=1S/C24H22N2OS/c1-3-17-10-6-8-15-21(17)25-24-26(4-2)23(27)22(28-24)16-19-13-9-12-18-11-5-7-14-20(18)19/h5-16H,3-4H2,1-2H3/b22-16+,25-24?. The van der Waals surface area contributed by atoms with Crippen molar-refractivity contribution in [2.75, 3.05) is 6.54 Å². The molecule has 4 heteroatoms. The lowest BCUT2D eigenvalue weighted by Gasteiger charge is -2.12. The monoisotopic (exact) mass is 386 g/mol. The molecule has 0 spiro atoms. The Morgan fingerprint density at radius 1 is 0.964 bits per heavy atom. The van der Waals surface area contributed by atoms with Crippen LogP contribution >= 0.6 is 11.8 Å². The van der Waals surface area contributed by atoms with E-state index in [1.165, 1.54) is 22.7 Å². The molecule has 1 saturated heterocycles. The van der Waals surface area contributed by atoms with Gasteiger partial charge in [-0.3, -0.25) is 9.69 Å². The topological polar surface area (TPSA) is 32.7 Å². The molecule has 3 aromatic carbocycles. The van der Waals surface area contributed by atoms with Gasteiger partial charge in [0.25, 0.3) is 5.91 Å². The number of carbonyl (C=O) groups is 1. The minimum Gasteiger partial charge on any atom is -0.287 e. The summed E-state index contributed by atoms with van der Waals surface area (Å²) in [6.07, 6.45) is 2.91. The average molecular weight is 387 g/mol. The number of amidine groups is 1. The van der Waals surface area contributed by atoms with Gasteiger partial charge in [-0.25, -0.2) is 4.99 Å². The molecule has 28 heavy (non-hydrogen) atoms. The summed E-state index contributed by atoms with van der Waals surface area (Å²) in [4.78, 5) is 20.3. The lowest BCUT2D eigenvalue weighted by Crippen LogP contribution is -2.28. The van der Waals surface area contributed by atoms with Crippen LogP contribution in [0.4, 0.5) is 5.69 Å². The van der Waals surface area contributed by atoms with Gasteiger partial charge >= 0.3 is 0 Å². The Labute approximate surface area is 169 Å². The SMILES string of the molecule is CCc1ccccc1N=C1S/C(=C/c2cccc3ccccc23)C(=O)N1CC. The molecule has 1 aliphatic rings. The van der Waals surface area contributed by atoms with Gasteiger partial charge in [0.15, 0.2) is 5.17 Å². The molecule has 4 rings (SSSR count). The van der Waals surface area contributed by atoms with Crippen LogP contribution in [0.3, 0.4) is 0 Å². The van der Waals surface area contributed by atoms with E-state index in [2.05, 4.69) is 37.3 Å². The van der Waals surface area contributed by atoms with Crippen LogP contribution in [-0.2, 0) is 11.2 Å². The van der Waals surface area contributed by atoms with Crippen molar-refractivity contribution in [3.8, 4) is 0 Å². The van der Waals surface area contributed by atoms with Crippen LogP contribution in [0.15, 0.2) is 76.6 Å². The molecule has 3 aromatic rings. The van der Waals surface area contributed by atoms with Crippen LogP contribution in [0.5, 0.6) is 0 Å². The molecule has 3 nitrogen and oxygen atoms in total. The van der Waals surface area contributed by atoms with Gasteiger partial charge in [-0.15, -0.1) is 0 Å². The third-order valence-electron chi connectivity index (χ3n) is 4.90. The van der Waals surface area contributed by atoms with Gasteiger partial charge in [-0.05, 0) is 59.1 Å². The fourth-order valence-corrected chi connectivity index (χ4v) is 4.46. The van der Waals surface area contributed by atoms with Gasteiger partial charge in [0, 0.05) is 6.54 Å². The summed E-state index contributed by atoms with van der Waals surface area (Å²) in [5.41, 5.74) is 3.18. The second-order valence-electron chi connectivity index (χ2n) is 6.61. The van der Waals surface area contributed by atoms with Gasteiger partial charge in [0.1, 0.15) is 0 Å². The third-order valence-corrected chi connectivity index (χ3v) is 5.91. The molecule has 1 fully saturated rings. The number of hydrogen-bond donors (Lipinski definition) is 0. The Morgan fingerprint density at radius 3 is 2.54 bits per heavy atom. The zero-order chi connectivity index (χ0) is 19.5. The Bertz CT molecular complexity index is 1100. The van der Waals surface area contributed by atoms with E-state index in [1.807, 2.05) is 49.4 Å². The van der Waals surface area contributed by atoms with Crippen molar-refractivity contribution in [1.29, 1.82) is 0 Å². The van der Waals surface area contributed by atoms with E-state index >= 15 is 0 Å². The number of rotatable bonds is 4. The number of likely N-dealkylation sites (N-methyl/N-ethyl adjacent to an activating group) is 1. The average Bonchev–Trinajstić information content (AvgIpc) is 3.02. The lowest BCUT2D eigenvalue weighted by atomic mass is 10.0. The molecular formula is C24H22N2OS. The summed E-state index contributed by atoms with van der Waals surface area (Å²) in [6.45, 7) is 4.71. The zero-order valence-corrected chi connectivity index (χ0v) is 16.9. The summed E-state index contributed by atoms with van der Waals surface area (Å²) in [5.74, 6) is 0.0214. The first-order valence-corrected chi connectivity index (χ1v) is 10.4. The summed E-state index contributed by atoms with van der Waals surface area (Å²) < 4.78 is 0. The molecule has 0 atom stereocenters. The molecule has 0 saturated carbocycles. The maximum Gasteiger partial charge on any atom is 0.266 e. The maximum absolute atomic E-state index is 13.0. The highest BCUT2D eigenvalue weighted by Gasteiger charge is 2.32. The van der Waals surface area contributed by atoms with Crippen molar-refractivity contribution in [3.63, 3.8) is 0 Å². The number of hydrogen-bond acceptors (Lipinski definition) is 3. The van der Waals surface area contributed by atoms with Gasteiger partial charge in [-0.1, -0.05) is 67.6 Å². The van der Waals surface area contributed by atoms with Crippen molar-refractivity contribution in [3.05, 3.63) is 82.8 Å². The molecular weight excluding hydrogens is 364 g/mol. The van der Waals surface area contributed by atoms with Crippen molar-refractivity contribution in [2.45, 2.75) is 20.3 Å². The predicted molar refractivity (Wildman–Crippen MR) is 120 cm³/mol. The number of para-hydroxylation sites is 1. The zero-order valence-electron chi connectivity index (χ0n) is 16.1. The fourth-order valence-electron chi connectivity index (χ4n) is 3.41. The molecule has 140 valence electrons. The third kappa shape index (κ3) is 3.48. The van der Waals surface area contributed by atoms with Crippen LogP contribution in [0.2, 0.25) is 0 Å². The maximum atomic E-state index is 13.0. The van der Waals surface area contributed by atoms with Crippen LogP contribution < -0.4 is 0 Å². The Kier molecular flexibility index (Phi) is 5.31. The highest BCUT2D eigenvalue weighted by molar-refractivity contribution is 8.18. The number of thioether (sulfide) groups is 1. The molecule has 1 heterocycles. The molecule has 0 aliphatic carbocycles. The van der Waals surface area contributed by atoms with Crippen molar-refractivity contribution < 1.29 is 4.79 Å². The first-order valence-electron chi connectivity index (χ1n) is 9.57. The molecule has 0 N–H and O–H groups in total. The number of aliphatic imine (C=N–C) groups is 1. The van der Waals surface area contributed by atoms with Crippen molar-refractivity contribution in [1.82, 2.24) is 4.90 Å². The molecule has 1 aliphatic heterocycles. The first kappa shape index (κ1) is 18.5. The van der Waals surface area contributed by atoms with E-state index in [9.17, 15) is 4.79 Å². The smallest absolute Gasteiger partial charge is 0.266 e. The van der Waals surface area contributed by atoms with E-state index in [1.54, 1.807) is 4.90 Å². The summed E-state index contributed by atoms with van der Waals surface area (Å²) in [7, 11) is 0.